The van der Waals surface area contributed by atoms with Gasteiger partial charge in [0.1, 0.15) is 11.4 Å². The molecule has 1 aromatic rings. The van der Waals surface area contributed by atoms with Gasteiger partial charge in [-0.15, -0.1) is 0 Å². The maximum Gasteiger partial charge on any atom is 0.343 e. The predicted molar refractivity (Wildman–Crippen MR) is 92.7 cm³/mol. The van der Waals surface area contributed by atoms with Gasteiger partial charge in [-0.2, -0.15) is 0 Å². The fraction of sp³-hybridized carbons (Fsp3) is 0.625. The van der Waals surface area contributed by atoms with Crippen molar-refractivity contribution in [3.63, 3.8) is 0 Å². The van der Waals surface area contributed by atoms with Gasteiger partial charge in [0, 0.05) is 12.2 Å². The van der Waals surface area contributed by atoms with Crippen LogP contribution in [0.1, 0.15) is 49.9 Å². The Labute approximate surface area is 146 Å². The summed E-state index contributed by atoms with van der Waals surface area (Å²) in [6.45, 7) is 4.15. The zero-order valence-corrected chi connectivity index (χ0v) is 14.9. The van der Waals surface area contributed by atoms with E-state index in [2.05, 4.69) is 22.2 Å². The first-order valence-corrected chi connectivity index (χ1v) is 9.21. The monoisotopic (exact) mass is 352 g/mol. The Morgan fingerprint density at radius 2 is 2.17 bits per heavy atom. The van der Waals surface area contributed by atoms with Gasteiger partial charge in [-0.3, -0.25) is 4.79 Å². The number of hydrogen-bond acceptors (Lipinski definition) is 7. The number of hydrogen-bond donors (Lipinski definition) is 2. The van der Waals surface area contributed by atoms with Crippen LogP contribution in [-0.4, -0.2) is 40.2 Å². The Bertz CT molecular complexity index is 597. The number of amides is 1. The zero-order chi connectivity index (χ0) is 17.5. The molecule has 1 saturated carbocycles. The number of nitrogens with zero attached hydrogens (tertiary/aromatic N) is 2. The van der Waals surface area contributed by atoms with Gasteiger partial charge in [0.05, 0.1) is 12.4 Å². The number of aromatic nitrogens is 2. The first kappa shape index (κ1) is 18.5. The maximum atomic E-state index is 12.1. The third kappa shape index (κ3) is 5.09. The lowest BCUT2D eigenvalue weighted by molar-refractivity contribution is -0.119. The molecule has 3 N–H and O–H groups in total. The number of carbonyl (C=O) groups excluding carboxylic acids is 2. The molecule has 1 amide bonds. The highest BCUT2D eigenvalue weighted by Gasteiger charge is 2.23. The smallest absolute Gasteiger partial charge is 0.343 e. The molecule has 2 atom stereocenters. The van der Waals surface area contributed by atoms with E-state index in [9.17, 15) is 9.59 Å². The van der Waals surface area contributed by atoms with Crippen molar-refractivity contribution in [3.8, 4) is 0 Å². The number of anilines is 1. The summed E-state index contributed by atoms with van der Waals surface area (Å²) in [5.41, 5.74) is 5.90. The fourth-order valence-corrected chi connectivity index (χ4v) is 3.36. The average molecular weight is 352 g/mol. The van der Waals surface area contributed by atoms with Gasteiger partial charge >= 0.3 is 5.97 Å². The Morgan fingerprint density at radius 3 is 2.83 bits per heavy atom. The van der Waals surface area contributed by atoms with Gasteiger partial charge in [-0.05, 0) is 25.7 Å². The van der Waals surface area contributed by atoms with Crippen LogP contribution in [0.3, 0.4) is 0 Å². The second-order valence-corrected chi connectivity index (χ2v) is 6.84. The summed E-state index contributed by atoms with van der Waals surface area (Å²) in [6.07, 6.45) is 5.94. The minimum absolute atomic E-state index is 0.0320. The molecular formula is C16H24N4O3S. The Kier molecular flexibility index (Phi) is 6.84. The van der Waals surface area contributed by atoms with Gasteiger partial charge < -0.3 is 15.8 Å². The van der Waals surface area contributed by atoms with Crippen LogP contribution in [0.25, 0.3) is 0 Å². The maximum absolute atomic E-state index is 12.1. The van der Waals surface area contributed by atoms with Crippen molar-refractivity contribution in [2.45, 2.75) is 50.7 Å². The molecule has 2 rings (SSSR count). The summed E-state index contributed by atoms with van der Waals surface area (Å²) >= 11 is 1.20. The van der Waals surface area contributed by atoms with Crippen molar-refractivity contribution in [2.24, 2.45) is 5.92 Å². The predicted octanol–water partition coefficient (Wildman–Crippen LogP) is 2.02. The molecule has 24 heavy (non-hydrogen) atoms. The van der Waals surface area contributed by atoms with Gasteiger partial charge in [-0.25, -0.2) is 14.8 Å². The third-order valence-electron chi connectivity index (χ3n) is 4.08. The van der Waals surface area contributed by atoms with Gasteiger partial charge in [0.25, 0.3) is 0 Å². The van der Waals surface area contributed by atoms with Crippen molar-refractivity contribution in [1.82, 2.24) is 15.3 Å². The lowest BCUT2D eigenvalue weighted by Crippen LogP contribution is -2.41. The second kappa shape index (κ2) is 8.86. The van der Waals surface area contributed by atoms with Crippen LogP contribution in [0.2, 0.25) is 0 Å². The van der Waals surface area contributed by atoms with Crippen LogP contribution in [0.5, 0.6) is 0 Å². The van der Waals surface area contributed by atoms with Crippen LogP contribution in [-0.2, 0) is 9.53 Å². The molecule has 0 spiro atoms. The van der Waals surface area contributed by atoms with E-state index in [0.717, 1.165) is 19.3 Å². The summed E-state index contributed by atoms with van der Waals surface area (Å²) in [6, 6.07) is 0.254. The van der Waals surface area contributed by atoms with Crippen LogP contribution >= 0.6 is 11.8 Å². The SMILES string of the molecule is CCOC(=O)c1cnc(SCC(=O)N[C@H]2CCCC[C@H]2C)nc1N. The molecule has 1 fully saturated rings. The standard InChI is InChI=1S/C16H24N4O3S/c1-3-23-15(22)11-8-18-16(20-14(11)17)24-9-13(21)19-12-7-5-4-6-10(12)2/h8,10,12H,3-7,9H2,1-2H3,(H,19,21)(H2,17,18,20)/t10-,12+/m1/s1. The summed E-state index contributed by atoms with van der Waals surface area (Å²) in [5, 5.41) is 3.45. The van der Waals surface area contributed by atoms with Crippen LogP contribution in [0.4, 0.5) is 5.82 Å². The molecule has 132 valence electrons. The molecule has 1 aliphatic rings. The quantitative estimate of drug-likeness (QED) is 0.458. The minimum Gasteiger partial charge on any atom is -0.462 e. The summed E-state index contributed by atoms with van der Waals surface area (Å²) < 4.78 is 4.87. The number of carbonyl (C=O) groups is 2. The molecule has 1 heterocycles. The number of rotatable bonds is 6. The summed E-state index contributed by atoms with van der Waals surface area (Å²) in [5.74, 6) is 0.225. The molecule has 7 nitrogen and oxygen atoms in total. The Balaban J connectivity index is 1.86. The molecule has 8 heteroatoms. The second-order valence-electron chi connectivity index (χ2n) is 5.90. The number of esters is 1. The van der Waals surface area contributed by atoms with E-state index in [1.165, 1.54) is 24.4 Å². The molecule has 0 aliphatic heterocycles. The first-order valence-electron chi connectivity index (χ1n) is 8.23. The number of nitrogen functional groups attached to an aromatic ring is 1. The number of nitrogens with one attached hydrogen (secondary N) is 1. The Morgan fingerprint density at radius 1 is 1.42 bits per heavy atom. The lowest BCUT2D eigenvalue weighted by Gasteiger charge is -2.29. The highest BCUT2D eigenvalue weighted by atomic mass is 32.2. The van der Waals surface area contributed by atoms with E-state index in [4.69, 9.17) is 10.5 Å². The van der Waals surface area contributed by atoms with Crippen LogP contribution < -0.4 is 11.1 Å². The largest absolute Gasteiger partial charge is 0.462 e. The van der Waals surface area contributed by atoms with Gasteiger partial charge in [0.2, 0.25) is 5.91 Å². The van der Waals surface area contributed by atoms with Crippen molar-refractivity contribution in [2.75, 3.05) is 18.1 Å². The molecule has 1 aliphatic carbocycles. The number of thioether (sulfide) groups is 1. The minimum atomic E-state index is -0.546. The van der Waals surface area contributed by atoms with E-state index in [1.807, 2.05) is 0 Å². The van der Waals surface area contributed by atoms with E-state index in [-0.39, 0.29) is 35.7 Å². The average Bonchev–Trinajstić information content (AvgIpc) is 2.55. The van der Waals surface area contributed by atoms with Crippen molar-refractivity contribution in [1.29, 1.82) is 0 Å². The Hall–Kier alpha value is -1.83. The third-order valence-corrected chi connectivity index (χ3v) is 4.94. The van der Waals surface area contributed by atoms with Crippen LogP contribution in [0, 0.1) is 5.92 Å². The molecule has 1 aromatic heterocycles. The molecular weight excluding hydrogens is 328 g/mol. The topological polar surface area (TPSA) is 107 Å². The normalized spacial score (nSPS) is 20.4. The molecule has 0 saturated heterocycles. The van der Waals surface area contributed by atoms with E-state index >= 15 is 0 Å². The molecule has 0 aromatic carbocycles. The lowest BCUT2D eigenvalue weighted by atomic mass is 9.86. The summed E-state index contributed by atoms with van der Waals surface area (Å²) in [7, 11) is 0. The molecule has 0 bridgehead atoms. The van der Waals surface area contributed by atoms with Crippen molar-refractivity contribution < 1.29 is 14.3 Å². The number of ether oxygens (including phenoxy) is 1. The fourth-order valence-electron chi connectivity index (χ4n) is 2.72. The highest BCUT2D eigenvalue weighted by Crippen LogP contribution is 2.24. The zero-order valence-electron chi connectivity index (χ0n) is 14.1. The highest BCUT2D eigenvalue weighted by molar-refractivity contribution is 7.99. The molecule has 0 unspecified atom stereocenters. The van der Waals surface area contributed by atoms with E-state index in [1.54, 1.807) is 6.92 Å². The van der Waals surface area contributed by atoms with Crippen molar-refractivity contribution >= 4 is 29.5 Å². The molecule has 0 radical (unpaired) electrons. The summed E-state index contributed by atoms with van der Waals surface area (Å²) in [4.78, 5) is 31.9. The van der Waals surface area contributed by atoms with Crippen LogP contribution in [0.15, 0.2) is 11.4 Å². The first-order chi connectivity index (χ1) is 11.5. The van der Waals surface area contributed by atoms with Gasteiger partial charge in [0.15, 0.2) is 5.16 Å². The number of nitrogens with two attached hydrogens (primary N) is 1. The van der Waals surface area contributed by atoms with Crippen molar-refractivity contribution in [3.05, 3.63) is 11.8 Å². The van der Waals surface area contributed by atoms with E-state index in [0.29, 0.717) is 11.1 Å². The van der Waals surface area contributed by atoms with Gasteiger partial charge in [-0.1, -0.05) is 31.5 Å². The van der Waals surface area contributed by atoms with E-state index < -0.39 is 5.97 Å².